The number of hydrogen-bond acceptors (Lipinski definition) is 5. The molecule has 3 rings (SSSR count). The number of piperidine rings is 1. The number of carbonyl (C=O) groups excluding carboxylic acids is 1. The molecule has 1 unspecified atom stereocenters. The molecule has 0 saturated carbocycles. The van der Waals surface area contributed by atoms with E-state index in [4.69, 9.17) is 9.47 Å². The molecule has 1 atom stereocenters. The van der Waals surface area contributed by atoms with E-state index in [1.54, 1.807) is 14.2 Å². The zero-order valence-corrected chi connectivity index (χ0v) is 17.6. The Morgan fingerprint density at radius 2 is 2.18 bits per heavy atom. The van der Waals surface area contributed by atoms with Gasteiger partial charge in [0.2, 0.25) is 5.91 Å². The fourth-order valence-corrected chi connectivity index (χ4v) is 4.50. The topological polar surface area (TPSA) is 50.8 Å². The van der Waals surface area contributed by atoms with Gasteiger partial charge in [0.15, 0.2) is 0 Å². The SMILES string of the molecule is COc1ccc(OC)c(CCC(=O)NCC2CCCN(Cc3cccs3)C2)c1. The second-order valence-corrected chi connectivity index (χ2v) is 8.34. The highest BCUT2D eigenvalue weighted by Gasteiger charge is 2.20. The number of nitrogens with one attached hydrogen (secondary N) is 1. The third kappa shape index (κ3) is 5.97. The highest BCUT2D eigenvalue weighted by Crippen LogP contribution is 2.25. The third-order valence-corrected chi connectivity index (χ3v) is 6.12. The molecule has 1 fully saturated rings. The van der Waals surface area contributed by atoms with Gasteiger partial charge in [0.1, 0.15) is 11.5 Å². The summed E-state index contributed by atoms with van der Waals surface area (Å²) in [5.74, 6) is 2.21. The number of aryl methyl sites for hydroxylation is 1. The molecular formula is C22H30N2O3S. The second-order valence-electron chi connectivity index (χ2n) is 7.30. The van der Waals surface area contributed by atoms with Gasteiger partial charge in [0.25, 0.3) is 0 Å². The van der Waals surface area contributed by atoms with E-state index in [2.05, 4.69) is 27.7 Å². The maximum Gasteiger partial charge on any atom is 0.220 e. The molecule has 1 aliphatic heterocycles. The Balaban J connectivity index is 1.43. The maximum atomic E-state index is 12.4. The molecule has 0 radical (unpaired) electrons. The number of rotatable bonds is 9. The molecule has 1 N–H and O–H groups in total. The van der Waals surface area contributed by atoms with Crippen molar-refractivity contribution in [1.29, 1.82) is 0 Å². The molecule has 2 aromatic rings. The van der Waals surface area contributed by atoms with Gasteiger partial charge in [-0.05, 0) is 66.9 Å². The number of nitrogens with zero attached hydrogens (tertiary/aromatic N) is 1. The number of hydrogen-bond donors (Lipinski definition) is 1. The minimum absolute atomic E-state index is 0.0975. The van der Waals surface area contributed by atoms with E-state index in [1.165, 1.54) is 17.7 Å². The van der Waals surface area contributed by atoms with Crippen LogP contribution in [0, 0.1) is 5.92 Å². The van der Waals surface area contributed by atoms with E-state index in [0.29, 0.717) is 18.8 Å². The zero-order valence-electron chi connectivity index (χ0n) is 16.8. The Hall–Kier alpha value is -2.05. The average Bonchev–Trinajstić information content (AvgIpc) is 3.23. The van der Waals surface area contributed by atoms with E-state index in [1.807, 2.05) is 29.5 Å². The van der Waals surface area contributed by atoms with Crippen LogP contribution in [-0.4, -0.2) is 44.7 Å². The lowest BCUT2D eigenvalue weighted by Gasteiger charge is -2.32. The Bertz CT molecular complexity index is 748. The van der Waals surface area contributed by atoms with Crippen molar-refractivity contribution in [3.8, 4) is 11.5 Å². The molecule has 0 aliphatic carbocycles. The summed E-state index contributed by atoms with van der Waals surface area (Å²) < 4.78 is 10.7. The van der Waals surface area contributed by atoms with Gasteiger partial charge in [0, 0.05) is 30.9 Å². The monoisotopic (exact) mass is 402 g/mol. The summed E-state index contributed by atoms with van der Waals surface area (Å²) in [6, 6.07) is 10.0. The van der Waals surface area contributed by atoms with Crippen LogP contribution in [0.25, 0.3) is 0 Å². The van der Waals surface area contributed by atoms with Crippen molar-refractivity contribution in [2.45, 2.75) is 32.2 Å². The van der Waals surface area contributed by atoms with Crippen molar-refractivity contribution >= 4 is 17.2 Å². The van der Waals surface area contributed by atoms with Gasteiger partial charge in [-0.1, -0.05) is 6.07 Å². The molecule has 1 amide bonds. The average molecular weight is 403 g/mol. The normalized spacial score (nSPS) is 17.3. The van der Waals surface area contributed by atoms with Gasteiger partial charge < -0.3 is 14.8 Å². The van der Waals surface area contributed by atoms with Gasteiger partial charge >= 0.3 is 0 Å². The lowest BCUT2D eigenvalue weighted by molar-refractivity contribution is -0.121. The minimum atomic E-state index is 0.0975. The molecule has 1 aliphatic rings. The predicted molar refractivity (Wildman–Crippen MR) is 113 cm³/mol. The first kappa shape index (κ1) is 20.7. The van der Waals surface area contributed by atoms with E-state index in [0.717, 1.165) is 43.2 Å². The molecule has 152 valence electrons. The molecule has 0 spiro atoms. The van der Waals surface area contributed by atoms with Crippen molar-refractivity contribution in [3.05, 3.63) is 46.2 Å². The number of carbonyl (C=O) groups is 1. The lowest BCUT2D eigenvalue weighted by Crippen LogP contribution is -2.40. The Morgan fingerprint density at radius 3 is 2.93 bits per heavy atom. The maximum absolute atomic E-state index is 12.4. The molecule has 0 bridgehead atoms. The number of amides is 1. The summed E-state index contributed by atoms with van der Waals surface area (Å²) in [5.41, 5.74) is 0.997. The van der Waals surface area contributed by atoms with Gasteiger partial charge in [0.05, 0.1) is 14.2 Å². The third-order valence-electron chi connectivity index (χ3n) is 5.26. The van der Waals surface area contributed by atoms with E-state index in [9.17, 15) is 4.79 Å². The molecule has 6 heteroatoms. The smallest absolute Gasteiger partial charge is 0.220 e. The summed E-state index contributed by atoms with van der Waals surface area (Å²) in [6.07, 6.45) is 3.48. The minimum Gasteiger partial charge on any atom is -0.497 e. The van der Waals surface area contributed by atoms with Gasteiger partial charge in [-0.2, -0.15) is 0 Å². The summed E-state index contributed by atoms with van der Waals surface area (Å²) in [6.45, 7) is 3.99. The van der Waals surface area contributed by atoms with Crippen molar-refractivity contribution in [3.63, 3.8) is 0 Å². The highest BCUT2D eigenvalue weighted by atomic mass is 32.1. The van der Waals surface area contributed by atoms with Crippen LogP contribution < -0.4 is 14.8 Å². The van der Waals surface area contributed by atoms with Crippen LogP contribution in [0.4, 0.5) is 0 Å². The first-order valence-electron chi connectivity index (χ1n) is 9.90. The van der Waals surface area contributed by atoms with E-state index >= 15 is 0 Å². The van der Waals surface area contributed by atoms with Crippen LogP contribution in [0.1, 0.15) is 29.7 Å². The molecule has 2 heterocycles. The van der Waals surface area contributed by atoms with Crippen molar-refractivity contribution in [2.24, 2.45) is 5.92 Å². The van der Waals surface area contributed by atoms with Crippen LogP contribution in [0.3, 0.4) is 0 Å². The molecule has 1 saturated heterocycles. The number of methoxy groups -OCH3 is 2. The summed E-state index contributed by atoms with van der Waals surface area (Å²) >= 11 is 1.82. The van der Waals surface area contributed by atoms with Crippen LogP contribution in [0.15, 0.2) is 35.7 Å². The van der Waals surface area contributed by atoms with Crippen molar-refractivity contribution < 1.29 is 14.3 Å². The zero-order chi connectivity index (χ0) is 19.8. The quantitative estimate of drug-likeness (QED) is 0.694. The van der Waals surface area contributed by atoms with Crippen LogP contribution >= 0.6 is 11.3 Å². The Labute approximate surface area is 171 Å². The standard InChI is InChI=1S/C22H30N2O3S/c1-26-19-8-9-21(27-2)18(13-19)7-10-22(25)23-14-17-5-3-11-24(15-17)16-20-6-4-12-28-20/h4,6,8-9,12-13,17H,3,5,7,10-11,14-16H2,1-2H3,(H,23,25). The highest BCUT2D eigenvalue weighted by molar-refractivity contribution is 7.09. The van der Waals surface area contributed by atoms with Crippen LogP contribution in [-0.2, 0) is 17.8 Å². The van der Waals surface area contributed by atoms with E-state index in [-0.39, 0.29) is 5.91 Å². The van der Waals surface area contributed by atoms with Gasteiger partial charge in [-0.25, -0.2) is 0 Å². The fraction of sp³-hybridized carbons (Fsp3) is 0.500. The van der Waals surface area contributed by atoms with E-state index < -0.39 is 0 Å². The fourth-order valence-electron chi connectivity index (χ4n) is 3.76. The Morgan fingerprint density at radius 1 is 1.29 bits per heavy atom. The predicted octanol–water partition coefficient (Wildman–Crippen LogP) is 3.73. The van der Waals surface area contributed by atoms with Gasteiger partial charge in [-0.15, -0.1) is 11.3 Å². The molecule has 28 heavy (non-hydrogen) atoms. The summed E-state index contributed by atoms with van der Waals surface area (Å²) in [4.78, 5) is 16.3. The number of benzene rings is 1. The Kier molecular flexibility index (Phi) is 7.74. The first-order chi connectivity index (χ1) is 13.7. The lowest BCUT2D eigenvalue weighted by atomic mass is 9.98. The number of ether oxygens (including phenoxy) is 2. The number of likely N-dealkylation sites (tertiary alicyclic amines) is 1. The van der Waals surface area contributed by atoms with Crippen LogP contribution in [0.2, 0.25) is 0 Å². The van der Waals surface area contributed by atoms with Crippen molar-refractivity contribution in [1.82, 2.24) is 10.2 Å². The number of thiophene rings is 1. The van der Waals surface area contributed by atoms with Crippen LogP contribution in [0.5, 0.6) is 11.5 Å². The summed E-state index contributed by atoms with van der Waals surface area (Å²) in [5, 5.41) is 5.27. The molecule has 1 aromatic heterocycles. The second kappa shape index (κ2) is 10.5. The summed E-state index contributed by atoms with van der Waals surface area (Å²) in [7, 11) is 3.29. The largest absolute Gasteiger partial charge is 0.497 e. The van der Waals surface area contributed by atoms with Gasteiger partial charge in [-0.3, -0.25) is 9.69 Å². The molecular weight excluding hydrogens is 372 g/mol. The molecule has 1 aromatic carbocycles. The van der Waals surface area contributed by atoms with Crippen molar-refractivity contribution in [2.75, 3.05) is 33.9 Å². The first-order valence-corrected chi connectivity index (χ1v) is 10.8. The molecule has 5 nitrogen and oxygen atoms in total.